The highest BCUT2D eigenvalue weighted by Gasteiger charge is 2.72. The lowest BCUT2D eigenvalue weighted by Crippen LogP contribution is -2.38. The second-order valence-corrected chi connectivity index (χ2v) is 9.95. The molecule has 2 atom stereocenters. The second kappa shape index (κ2) is 7.09. The molecule has 23 heavy (non-hydrogen) atoms. The molecule has 0 aromatic heterocycles. The Morgan fingerprint density at radius 2 is 1.57 bits per heavy atom. The van der Waals surface area contributed by atoms with Crippen molar-refractivity contribution in [3.05, 3.63) is 0 Å². The van der Waals surface area contributed by atoms with E-state index >= 15 is 0 Å². The maximum absolute atomic E-state index is 2.61. The Morgan fingerprint density at radius 3 is 2.17 bits per heavy atom. The number of hydrogen-bond donors (Lipinski definition) is 0. The molecule has 0 heterocycles. The van der Waals surface area contributed by atoms with Crippen LogP contribution in [0.1, 0.15) is 111 Å². The van der Waals surface area contributed by atoms with Crippen molar-refractivity contribution in [3.8, 4) is 0 Å². The Labute approximate surface area is 146 Å². The molecular formula is C23H42. The average molecular weight is 319 g/mol. The molecule has 3 saturated carbocycles. The second-order valence-electron chi connectivity index (χ2n) is 9.95. The van der Waals surface area contributed by atoms with Crippen molar-refractivity contribution in [2.75, 3.05) is 0 Å². The zero-order chi connectivity index (χ0) is 16.5. The van der Waals surface area contributed by atoms with Crippen LogP contribution >= 0.6 is 0 Å². The molecule has 1 spiro atoms. The number of unbranched alkanes of at least 4 members (excludes halogenated alkanes) is 2. The summed E-state index contributed by atoms with van der Waals surface area (Å²) in [7, 11) is 0. The fourth-order valence-electron chi connectivity index (χ4n) is 6.72. The van der Waals surface area contributed by atoms with Gasteiger partial charge in [0.05, 0.1) is 0 Å². The van der Waals surface area contributed by atoms with Gasteiger partial charge in [-0.05, 0) is 73.0 Å². The highest BCUT2D eigenvalue weighted by molar-refractivity contribution is 5.21. The summed E-state index contributed by atoms with van der Waals surface area (Å²) in [4.78, 5) is 0. The van der Waals surface area contributed by atoms with Crippen LogP contribution in [0.3, 0.4) is 0 Å². The van der Waals surface area contributed by atoms with E-state index in [1.807, 2.05) is 0 Å². The van der Waals surface area contributed by atoms with E-state index in [0.717, 1.165) is 34.5 Å². The maximum atomic E-state index is 2.61. The first-order valence-corrected chi connectivity index (χ1v) is 11.1. The molecule has 0 saturated heterocycles. The minimum Gasteiger partial charge on any atom is -0.0654 e. The molecule has 0 aliphatic heterocycles. The Hall–Kier alpha value is 0. The quantitative estimate of drug-likeness (QED) is 0.432. The topological polar surface area (TPSA) is 0 Å². The molecule has 3 aliphatic rings. The highest BCUT2D eigenvalue weighted by Crippen LogP contribution is 2.81. The van der Waals surface area contributed by atoms with E-state index < -0.39 is 0 Å². The summed E-state index contributed by atoms with van der Waals surface area (Å²) in [6, 6.07) is 0. The summed E-state index contributed by atoms with van der Waals surface area (Å²) in [5, 5.41) is 0. The molecule has 3 rings (SSSR count). The molecule has 0 nitrogen and oxygen atoms in total. The van der Waals surface area contributed by atoms with Crippen LogP contribution in [0.2, 0.25) is 0 Å². The molecule has 0 bridgehead atoms. The van der Waals surface area contributed by atoms with Crippen LogP contribution in [0.15, 0.2) is 0 Å². The van der Waals surface area contributed by atoms with Crippen molar-refractivity contribution in [2.45, 2.75) is 111 Å². The van der Waals surface area contributed by atoms with Crippen LogP contribution in [-0.4, -0.2) is 0 Å². The molecule has 0 amide bonds. The van der Waals surface area contributed by atoms with Gasteiger partial charge in [-0.2, -0.15) is 0 Å². The largest absolute Gasteiger partial charge is 0.0654 e. The van der Waals surface area contributed by atoms with Gasteiger partial charge in [0.1, 0.15) is 0 Å². The lowest BCUT2D eigenvalue weighted by Gasteiger charge is -2.47. The van der Waals surface area contributed by atoms with Gasteiger partial charge >= 0.3 is 0 Å². The Kier molecular flexibility index (Phi) is 5.49. The molecule has 0 radical (unpaired) electrons. The van der Waals surface area contributed by atoms with Gasteiger partial charge in [-0.15, -0.1) is 0 Å². The van der Waals surface area contributed by atoms with Gasteiger partial charge in [-0.1, -0.05) is 72.6 Å². The summed E-state index contributed by atoms with van der Waals surface area (Å²) in [6.45, 7) is 9.81. The third-order valence-electron chi connectivity index (χ3n) is 8.53. The number of hydrogen-bond acceptors (Lipinski definition) is 0. The lowest BCUT2D eigenvalue weighted by molar-refractivity contribution is 0.0237. The fraction of sp³-hybridized carbons (Fsp3) is 1.00. The molecule has 0 N–H and O–H groups in total. The standard InChI is InChI=1S/C23H42/c1-5-7-9-19(4)23(14-8-6-2)17-22(23)15-21(16-22)20-12-10-18(3)11-13-20/h18-21H,5-17H2,1-4H3/t18?,19?,20?,21?,22?,23-/m0/s1. The minimum atomic E-state index is 0.774. The minimum absolute atomic E-state index is 0.774. The third-order valence-corrected chi connectivity index (χ3v) is 8.53. The van der Waals surface area contributed by atoms with Crippen LogP contribution in [-0.2, 0) is 0 Å². The first-order chi connectivity index (χ1) is 11.1. The smallest absolute Gasteiger partial charge is 0.0209 e. The van der Waals surface area contributed by atoms with Gasteiger partial charge in [0, 0.05) is 0 Å². The van der Waals surface area contributed by atoms with Crippen molar-refractivity contribution in [1.82, 2.24) is 0 Å². The molecular weight excluding hydrogens is 276 g/mol. The zero-order valence-electron chi connectivity index (χ0n) is 16.5. The summed E-state index contributed by atoms with van der Waals surface area (Å²) < 4.78 is 0. The summed E-state index contributed by atoms with van der Waals surface area (Å²) in [6.07, 6.45) is 19.7. The van der Waals surface area contributed by atoms with Crippen molar-refractivity contribution >= 4 is 0 Å². The Bertz CT molecular complexity index is 369. The van der Waals surface area contributed by atoms with Gasteiger partial charge in [-0.3, -0.25) is 0 Å². The normalized spacial score (nSPS) is 44.1. The Balaban J connectivity index is 1.56. The lowest BCUT2D eigenvalue weighted by atomic mass is 9.57. The fourth-order valence-corrected chi connectivity index (χ4v) is 6.72. The van der Waals surface area contributed by atoms with Gasteiger partial charge in [0.2, 0.25) is 0 Å². The van der Waals surface area contributed by atoms with Crippen LogP contribution in [0.25, 0.3) is 0 Å². The molecule has 3 aliphatic carbocycles. The van der Waals surface area contributed by atoms with Crippen LogP contribution in [0.5, 0.6) is 0 Å². The van der Waals surface area contributed by atoms with E-state index in [1.165, 1.54) is 44.9 Å². The predicted octanol–water partition coefficient (Wildman–Crippen LogP) is 7.62. The first-order valence-electron chi connectivity index (χ1n) is 11.1. The molecule has 0 aromatic rings. The third kappa shape index (κ3) is 3.25. The van der Waals surface area contributed by atoms with Crippen molar-refractivity contribution in [1.29, 1.82) is 0 Å². The van der Waals surface area contributed by atoms with Crippen molar-refractivity contribution in [3.63, 3.8) is 0 Å². The van der Waals surface area contributed by atoms with E-state index in [9.17, 15) is 0 Å². The molecule has 3 fully saturated rings. The van der Waals surface area contributed by atoms with Gasteiger partial charge in [0.15, 0.2) is 0 Å². The van der Waals surface area contributed by atoms with E-state index in [1.54, 1.807) is 38.5 Å². The predicted molar refractivity (Wildman–Crippen MR) is 102 cm³/mol. The Morgan fingerprint density at radius 1 is 0.913 bits per heavy atom. The summed E-state index contributed by atoms with van der Waals surface area (Å²) in [5.41, 5.74) is 1.60. The van der Waals surface area contributed by atoms with Gasteiger partial charge in [0.25, 0.3) is 0 Å². The summed E-state index contributed by atoms with van der Waals surface area (Å²) in [5.74, 6) is 4.22. The molecule has 134 valence electrons. The average Bonchev–Trinajstić information content (AvgIpc) is 3.21. The van der Waals surface area contributed by atoms with Gasteiger partial charge in [-0.25, -0.2) is 0 Å². The van der Waals surface area contributed by atoms with Crippen molar-refractivity contribution in [2.24, 2.45) is 34.5 Å². The molecule has 0 heteroatoms. The molecule has 0 aromatic carbocycles. The summed E-state index contributed by atoms with van der Waals surface area (Å²) >= 11 is 0. The zero-order valence-corrected chi connectivity index (χ0v) is 16.5. The van der Waals surface area contributed by atoms with E-state index in [2.05, 4.69) is 27.7 Å². The highest BCUT2D eigenvalue weighted by atomic mass is 14.8. The van der Waals surface area contributed by atoms with E-state index in [-0.39, 0.29) is 0 Å². The van der Waals surface area contributed by atoms with E-state index in [4.69, 9.17) is 0 Å². The monoisotopic (exact) mass is 318 g/mol. The maximum Gasteiger partial charge on any atom is -0.0209 e. The van der Waals surface area contributed by atoms with Crippen molar-refractivity contribution < 1.29 is 0 Å². The van der Waals surface area contributed by atoms with E-state index in [0.29, 0.717) is 0 Å². The van der Waals surface area contributed by atoms with Crippen LogP contribution < -0.4 is 0 Å². The first kappa shape index (κ1) is 17.8. The van der Waals surface area contributed by atoms with Crippen LogP contribution in [0.4, 0.5) is 0 Å². The SMILES string of the molecule is CCCCC(C)[C@]1(CCCC)CC12CC(C1CCC(C)CC1)C2. The molecule has 1 unspecified atom stereocenters. The van der Waals surface area contributed by atoms with Crippen LogP contribution in [0, 0.1) is 34.5 Å². The van der Waals surface area contributed by atoms with Gasteiger partial charge < -0.3 is 0 Å². The number of rotatable bonds is 8.